The van der Waals surface area contributed by atoms with Crippen LogP contribution >= 0.6 is 0 Å². The van der Waals surface area contributed by atoms with E-state index < -0.39 is 35.6 Å². The molecule has 1 fully saturated rings. The van der Waals surface area contributed by atoms with Crippen molar-refractivity contribution in [3.63, 3.8) is 0 Å². The van der Waals surface area contributed by atoms with Crippen LogP contribution in [0.25, 0.3) is 0 Å². The third-order valence-electron chi connectivity index (χ3n) is 5.02. The molecule has 1 heterocycles. The normalized spacial score (nSPS) is 18.2. The molecule has 0 N–H and O–H groups in total. The number of nitrogens with zero attached hydrogens (tertiary/aromatic N) is 1. The molecule has 0 aromatic heterocycles. The van der Waals surface area contributed by atoms with Gasteiger partial charge in [-0.2, -0.15) is 0 Å². The Kier molecular flexibility index (Phi) is 7.51. The van der Waals surface area contributed by atoms with Crippen LogP contribution in [-0.2, 0) is 37.0 Å². The third kappa shape index (κ3) is 6.33. The number of hydrogen-bond donors (Lipinski definition) is 0. The molecule has 1 saturated heterocycles. The molecule has 0 spiro atoms. The van der Waals surface area contributed by atoms with Gasteiger partial charge in [0.1, 0.15) is 24.9 Å². The van der Waals surface area contributed by atoms with Crippen molar-refractivity contribution in [2.75, 3.05) is 6.54 Å². The smallest absolute Gasteiger partial charge is 0.411 e. The minimum Gasteiger partial charge on any atom is -0.461 e. The minimum atomic E-state index is -1.10. The van der Waals surface area contributed by atoms with E-state index in [0.29, 0.717) is 0 Å². The molecule has 2 aromatic carbocycles. The second kappa shape index (κ2) is 10.3. The standard InChI is InChI=1S/C25H29NO6/c1-25(2,3)32-24(29)26-15-14-20(22(27)30-16-18-10-6-4-7-11-18)21(26)23(28)31-17-19-12-8-5-9-13-19/h4-13,20-21H,14-17H2,1-3H3/t20-,21+/m1/s1. The fourth-order valence-corrected chi connectivity index (χ4v) is 3.51. The highest BCUT2D eigenvalue weighted by Crippen LogP contribution is 2.29. The molecule has 2 aromatic rings. The Balaban J connectivity index is 1.72. The molecular weight excluding hydrogens is 410 g/mol. The second-order valence-electron chi connectivity index (χ2n) is 8.70. The van der Waals surface area contributed by atoms with Gasteiger partial charge in [0.25, 0.3) is 0 Å². The molecule has 0 aliphatic carbocycles. The highest BCUT2D eigenvalue weighted by molar-refractivity contribution is 5.89. The van der Waals surface area contributed by atoms with Gasteiger partial charge in [-0.1, -0.05) is 60.7 Å². The van der Waals surface area contributed by atoms with Crippen LogP contribution in [0.15, 0.2) is 60.7 Å². The van der Waals surface area contributed by atoms with Gasteiger partial charge in [-0.25, -0.2) is 9.59 Å². The molecule has 32 heavy (non-hydrogen) atoms. The van der Waals surface area contributed by atoms with E-state index in [-0.39, 0.29) is 26.2 Å². The fraction of sp³-hybridized carbons (Fsp3) is 0.400. The summed E-state index contributed by atoms with van der Waals surface area (Å²) in [4.78, 5) is 39.9. The number of hydrogen-bond acceptors (Lipinski definition) is 6. The van der Waals surface area contributed by atoms with E-state index in [0.717, 1.165) is 11.1 Å². The van der Waals surface area contributed by atoms with Gasteiger partial charge in [0.2, 0.25) is 0 Å². The first kappa shape index (κ1) is 23.3. The topological polar surface area (TPSA) is 82.1 Å². The summed E-state index contributed by atoms with van der Waals surface area (Å²) in [7, 11) is 0. The molecule has 0 saturated carbocycles. The lowest BCUT2D eigenvalue weighted by Gasteiger charge is -2.29. The molecule has 1 aliphatic heterocycles. The number of likely N-dealkylation sites (tertiary alicyclic amines) is 1. The molecule has 0 radical (unpaired) electrons. The number of carbonyl (C=O) groups is 3. The molecular formula is C25H29NO6. The monoisotopic (exact) mass is 439 g/mol. The summed E-state index contributed by atoms with van der Waals surface area (Å²) >= 11 is 0. The molecule has 1 aliphatic rings. The molecule has 2 atom stereocenters. The molecule has 0 unspecified atom stereocenters. The van der Waals surface area contributed by atoms with Gasteiger partial charge in [-0.05, 0) is 38.3 Å². The summed E-state index contributed by atoms with van der Waals surface area (Å²) in [6.45, 7) is 5.57. The van der Waals surface area contributed by atoms with Crippen molar-refractivity contribution in [1.29, 1.82) is 0 Å². The molecule has 1 amide bonds. The van der Waals surface area contributed by atoms with Gasteiger partial charge in [0, 0.05) is 6.54 Å². The summed E-state index contributed by atoms with van der Waals surface area (Å²) in [5, 5.41) is 0. The van der Waals surface area contributed by atoms with E-state index in [1.165, 1.54) is 4.90 Å². The SMILES string of the molecule is CC(C)(C)OC(=O)N1CC[C@@H](C(=O)OCc2ccccc2)[C@H]1C(=O)OCc1ccccc1. The summed E-state index contributed by atoms with van der Waals surface area (Å²) in [5.74, 6) is -2.02. The Morgan fingerprint density at radius 2 is 1.34 bits per heavy atom. The van der Waals surface area contributed by atoms with Crippen LogP contribution in [0.3, 0.4) is 0 Å². The highest BCUT2D eigenvalue weighted by atomic mass is 16.6. The van der Waals surface area contributed by atoms with E-state index in [4.69, 9.17) is 14.2 Å². The zero-order valence-electron chi connectivity index (χ0n) is 18.7. The predicted octanol–water partition coefficient (Wildman–Crippen LogP) is 4.10. The average molecular weight is 440 g/mol. The van der Waals surface area contributed by atoms with Crippen molar-refractivity contribution in [2.45, 2.75) is 52.0 Å². The second-order valence-corrected chi connectivity index (χ2v) is 8.70. The quantitative estimate of drug-likeness (QED) is 0.498. The Labute approximate surface area is 188 Å². The number of carbonyl (C=O) groups excluding carboxylic acids is 3. The van der Waals surface area contributed by atoms with Crippen molar-refractivity contribution >= 4 is 18.0 Å². The van der Waals surface area contributed by atoms with Gasteiger partial charge < -0.3 is 14.2 Å². The Morgan fingerprint density at radius 3 is 1.84 bits per heavy atom. The van der Waals surface area contributed by atoms with Crippen LogP contribution in [0.4, 0.5) is 4.79 Å². The number of rotatable bonds is 6. The molecule has 3 rings (SSSR count). The minimum absolute atomic E-state index is 0.0457. The van der Waals surface area contributed by atoms with Crippen molar-refractivity contribution < 1.29 is 28.6 Å². The third-order valence-corrected chi connectivity index (χ3v) is 5.02. The average Bonchev–Trinajstić information content (AvgIpc) is 3.22. The van der Waals surface area contributed by atoms with Crippen LogP contribution in [0.2, 0.25) is 0 Å². The van der Waals surface area contributed by atoms with Gasteiger partial charge in [0.05, 0.1) is 5.92 Å². The van der Waals surface area contributed by atoms with Gasteiger partial charge in [-0.3, -0.25) is 9.69 Å². The fourth-order valence-electron chi connectivity index (χ4n) is 3.51. The Hall–Kier alpha value is -3.35. The summed E-state index contributed by atoms with van der Waals surface area (Å²) < 4.78 is 16.4. The van der Waals surface area contributed by atoms with Gasteiger partial charge in [0.15, 0.2) is 0 Å². The first-order valence-electron chi connectivity index (χ1n) is 10.7. The molecule has 7 nitrogen and oxygen atoms in total. The first-order chi connectivity index (χ1) is 15.2. The van der Waals surface area contributed by atoms with E-state index in [1.807, 2.05) is 60.7 Å². The first-order valence-corrected chi connectivity index (χ1v) is 10.7. The number of ether oxygens (including phenoxy) is 3. The number of benzene rings is 2. The largest absolute Gasteiger partial charge is 0.461 e. The van der Waals surface area contributed by atoms with E-state index in [2.05, 4.69) is 0 Å². The molecule has 170 valence electrons. The maximum Gasteiger partial charge on any atom is 0.411 e. The van der Waals surface area contributed by atoms with Crippen molar-refractivity contribution in [2.24, 2.45) is 5.92 Å². The highest BCUT2D eigenvalue weighted by Gasteiger charge is 2.48. The van der Waals surface area contributed by atoms with E-state index in [1.54, 1.807) is 20.8 Å². The summed E-state index contributed by atoms with van der Waals surface area (Å²) in [5.41, 5.74) is 0.915. The summed E-state index contributed by atoms with van der Waals surface area (Å²) in [6.07, 6.45) is -0.365. The zero-order chi connectivity index (χ0) is 23.1. The molecule has 0 bridgehead atoms. The van der Waals surface area contributed by atoms with E-state index >= 15 is 0 Å². The number of amides is 1. The maximum absolute atomic E-state index is 13.0. The van der Waals surface area contributed by atoms with Crippen molar-refractivity contribution in [3.8, 4) is 0 Å². The van der Waals surface area contributed by atoms with E-state index in [9.17, 15) is 14.4 Å². The van der Waals surface area contributed by atoms with Gasteiger partial charge in [-0.15, -0.1) is 0 Å². The lowest BCUT2D eigenvalue weighted by Crippen LogP contribution is -2.47. The Bertz CT molecular complexity index is 922. The lowest BCUT2D eigenvalue weighted by atomic mass is 10.0. The van der Waals surface area contributed by atoms with Crippen LogP contribution in [0.5, 0.6) is 0 Å². The summed E-state index contributed by atoms with van der Waals surface area (Å²) in [6, 6.07) is 17.4. The van der Waals surface area contributed by atoms with Crippen molar-refractivity contribution in [1.82, 2.24) is 4.90 Å². The maximum atomic E-state index is 13.0. The van der Waals surface area contributed by atoms with Crippen LogP contribution in [-0.4, -0.2) is 41.1 Å². The zero-order valence-corrected chi connectivity index (χ0v) is 18.7. The molecule has 7 heteroatoms. The lowest BCUT2D eigenvalue weighted by molar-refractivity contribution is -0.160. The Morgan fingerprint density at radius 1 is 0.844 bits per heavy atom. The predicted molar refractivity (Wildman–Crippen MR) is 117 cm³/mol. The van der Waals surface area contributed by atoms with Crippen LogP contribution in [0, 0.1) is 5.92 Å². The van der Waals surface area contributed by atoms with Crippen LogP contribution in [0.1, 0.15) is 38.3 Å². The number of esters is 2. The van der Waals surface area contributed by atoms with Crippen LogP contribution < -0.4 is 0 Å². The van der Waals surface area contributed by atoms with Gasteiger partial charge >= 0.3 is 18.0 Å². The van der Waals surface area contributed by atoms with Crippen molar-refractivity contribution in [3.05, 3.63) is 71.8 Å².